The SMILES string of the molecule is COc1ccccc1NC(=O)N(C)CC(=O)N1N=C(c2cccs2)C[C@@H]1c1ccccc1. The molecule has 4 rings (SSSR count). The highest BCUT2D eigenvalue weighted by Crippen LogP contribution is 2.33. The molecule has 0 aliphatic carbocycles. The van der Waals surface area contributed by atoms with Gasteiger partial charge in [-0.3, -0.25) is 4.79 Å². The summed E-state index contributed by atoms with van der Waals surface area (Å²) >= 11 is 1.60. The number of methoxy groups -OCH3 is 1. The fourth-order valence-corrected chi connectivity index (χ4v) is 4.29. The Bertz CT molecular complexity index is 1120. The molecule has 32 heavy (non-hydrogen) atoms. The second kappa shape index (κ2) is 9.65. The molecule has 7 nitrogen and oxygen atoms in total. The number of rotatable bonds is 6. The molecule has 3 aromatic rings. The predicted octanol–water partition coefficient (Wildman–Crippen LogP) is 4.60. The molecule has 1 N–H and O–H groups in total. The molecule has 0 radical (unpaired) electrons. The first-order valence-corrected chi connectivity index (χ1v) is 11.1. The molecule has 3 amide bonds. The number of hydrogen-bond donors (Lipinski definition) is 1. The largest absolute Gasteiger partial charge is 0.495 e. The maximum absolute atomic E-state index is 13.2. The van der Waals surface area contributed by atoms with E-state index in [0.717, 1.165) is 16.2 Å². The van der Waals surface area contributed by atoms with Crippen LogP contribution in [-0.4, -0.2) is 48.3 Å². The lowest BCUT2D eigenvalue weighted by molar-refractivity contribution is -0.133. The van der Waals surface area contributed by atoms with E-state index in [0.29, 0.717) is 17.9 Å². The van der Waals surface area contributed by atoms with Crippen molar-refractivity contribution >= 4 is 34.7 Å². The zero-order valence-electron chi connectivity index (χ0n) is 17.9. The third-order valence-corrected chi connectivity index (χ3v) is 6.14. The summed E-state index contributed by atoms with van der Waals surface area (Å²) in [5, 5.41) is 10.9. The molecule has 1 aliphatic heterocycles. The van der Waals surface area contributed by atoms with Crippen LogP contribution in [0.15, 0.2) is 77.2 Å². The molecular formula is C24H24N4O3S. The number of thiophene rings is 1. The minimum atomic E-state index is -0.402. The highest BCUT2D eigenvalue weighted by Gasteiger charge is 2.34. The molecule has 0 saturated carbocycles. The van der Waals surface area contributed by atoms with E-state index in [4.69, 9.17) is 4.74 Å². The number of ether oxygens (including phenoxy) is 1. The number of hydrazone groups is 1. The lowest BCUT2D eigenvalue weighted by Crippen LogP contribution is -2.41. The van der Waals surface area contributed by atoms with E-state index in [2.05, 4.69) is 10.4 Å². The van der Waals surface area contributed by atoms with Gasteiger partial charge in [-0.25, -0.2) is 9.80 Å². The standard InChI is InChI=1S/C24H24N4O3S/c1-27(24(30)25-18-11-6-7-12-21(18)31-2)16-23(29)28-20(17-9-4-3-5-10-17)15-19(26-28)22-13-8-14-32-22/h3-14,20H,15-16H2,1-2H3,(H,25,30)/t20-/m1/s1. The molecule has 0 spiro atoms. The third-order valence-electron chi connectivity index (χ3n) is 5.22. The Morgan fingerprint density at radius 2 is 1.88 bits per heavy atom. The number of hydrogen-bond acceptors (Lipinski definition) is 5. The van der Waals surface area contributed by atoms with Gasteiger partial charge in [0.15, 0.2) is 0 Å². The first kappa shape index (κ1) is 21.6. The molecule has 2 aromatic carbocycles. The molecule has 0 bridgehead atoms. The van der Waals surface area contributed by atoms with Crippen LogP contribution in [0.5, 0.6) is 5.75 Å². The molecule has 164 valence electrons. The van der Waals surface area contributed by atoms with Gasteiger partial charge >= 0.3 is 6.03 Å². The van der Waals surface area contributed by atoms with Crippen molar-refractivity contribution in [2.75, 3.05) is 26.0 Å². The Labute approximate surface area is 190 Å². The van der Waals surface area contributed by atoms with Gasteiger partial charge in [0, 0.05) is 13.5 Å². The van der Waals surface area contributed by atoms with Gasteiger partial charge in [0.05, 0.1) is 29.4 Å². The molecule has 1 aliphatic rings. The van der Waals surface area contributed by atoms with Crippen molar-refractivity contribution in [3.05, 3.63) is 82.6 Å². The first-order chi connectivity index (χ1) is 15.6. The maximum atomic E-state index is 13.2. The summed E-state index contributed by atoms with van der Waals surface area (Å²) in [6.07, 6.45) is 0.632. The number of para-hydroxylation sites is 2. The van der Waals surface area contributed by atoms with Gasteiger partial charge in [0.1, 0.15) is 12.3 Å². The minimum Gasteiger partial charge on any atom is -0.495 e. The first-order valence-electron chi connectivity index (χ1n) is 10.2. The van der Waals surface area contributed by atoms with Gasteiger partial charge in [-0.05, 0) is 29.1 Å². The normalized spacial score (nSPS) is 15.2. The molecule has 0 fully saturated rings. The average Bonchev–Trinajstić information content (AvgIpc) is 3.50. The summed E-state index contributed by atoms with van der Waals surface area (Å²) in [5.41, 5.74) is 2.43. The fraction of sp³-hybridized carbons (Fsp3) is 0.208. The number of anilines is 1. The quantitative estimate of drug-likeness (QED) is 0.599. The van der Waals surface area contributed by atoms with Crippen LogP contribution in [0, 0.1) is 0 Å². The van der Waals surface area contributed by atoms with Crippen molar-refractivity contribution in [3.8, 4) is 5.75 Å². The number of likely N-dealkylation sites (N-methyl/N-ethyl adjacent to an activating group) is 1. The van der Waals surface area contributed by atoms with E-state index in [-0.39, 0.29) is 18.5 Å². The summed E-state index contributed by atoms with van der Waals surface area (Å²) in [6.45, 7) is -0.106. The molecular weight excluding hydrogens is 424 g/mol. The van der Waals surface area contributed by atoms with Crippen molar-refractivity contribution in [2.45, 2.75) is 12.5 Å². The molecule has 0 saturated heterocycles. The predicted molar refractivity (Wildman–Crippen MR) is 126 cm³/mol. The lowest BCUT2D eigenvalue weighted by atomic mass is 10.0. The monoisotopic (exact) mass is 448 g/mol. The highest BCUT2D eigenvalue weighted by molar-refractivity contribution is 7.12. The number of carbonyl (C=O) groups is 2. The summed E-state index contributed by atoms with van der Waals surface area (Å²) in [6, 6.07) is 20.3. The number of amides is 3. The molecule has 1 aromatic heterocycles. The average molecular weight is 449 g/mol. The van der Waals surface area contributed by atoms with Crippen molar-refractivity contribution < 1.29 is 14.3 Å². The topological polar surface area (TPSA) is 74.2 Å². The van der Waals surface area contributed by atoms with Gasteiger partial charge in [0.25, 0.3) is 5.91 Å². The van der Waals surface area contributed by atoms with E-state index in [1.807, 2.05) is 53.9 Å². The summed E-state index contributed by atoms with van der Waals surface area (Å²) < 4.78 is 5.27. The number of nitrogens with zero attached hydrogens (tertiary/aromatic N) is 3. The van der Waals surface area contributed by atoms with Gasteiger partial charge < -0.3 is 15.0 Å². The molecule has 0 unspecified atom stereocenters. The van der Waals surface area contributed by atoms with E-state index in [1.165, 1.54) is 9.91 Å². The van der Waals surface area contributed by atoms with Crippen molar-refractivity contribution in [2.24, 2.45) is 5.10 Å². The highest BCUT2D eigenvalue weighted by atomic mass is 32.1. The van der Waals surface area contributed by atoms with Gasteiger partial charge in [0.2, 0.25) is 0 Å². The fourth-order valence-electron chi connectivity index (χ4n) is 3.57. The van der Waals surface area contributed by atoms with E-state index in [1.54, 1.807) is 43.7 Å². The van der Waals surface area contributed by atoms with Crippen molar-refractivity contribution in [1.29, 1.82) is 0 Å². The van der Waals surface area contributed by atoms with Crippen LogP contribution in [0.4, 0.5) is 10.5 Å². The van der Waals surface area contributed by atoms with Gasteiger partial charge in [-0.15, -0.1) is 11.3 Å². The Hall–Kier alpha value is -3.65. The third kappa shape index (κ3) is 4.65. The second-order valence-corrected chi connectivity index (χ2v) is 8.33. The molecule has 8 heteroatoms. The number of benzene rings is 2. The van der Waals surface area contributed by atoms with Crippen LogP contribution in [-0.2, 0) is 4.79 Å². The molecule has 2 heterocycles. The van der Waals surface area contributed by atoms with Gasteiger partial charge in [-0.1, -0.05) is 48.5 Å². The number of urea groups is 1. The maximum Gasteiger partial charge on any atom is 0.322 e. The smallest absolute Gasteiger partial charge is 0.322 e. The lowest BCUT2D eigenvalue weighted by Gasteiger charge is -2.25. The summed E-state index contributed by atoms with van der Waals surface area (Å²) in [4.78, 5) is 28.3. The zero-order valence-corrected chi connectivity index (χ0v) is 18.7. The Kier molecular flexibility index (Phi) is 6.51. The number of carbonyl (C=O) groups excluding carboxylic acids is 2. The van der Waals surface area contributed by atoms with Crippen molar-refractivity contribution in [1.82, 2.24) is 9.91 Å². The van der Waals surface area contributed by atoms with Crippen LogP contribution >= 0.6 is 11.3 Å². The van der Waals surface area contributed by atoms with Crippen LogP contribution in [0.2, 0.25) is 0 Å². The van der Waals surface area contributed by atoms with Crippen LogP contribution in [0.1, 0.15) is 22.9 Å². The van der Waals surface area contributed by atoms with E-state index < -0.39 is 6.03 Å². The van der Waals surface area contributed by atoms with Crippen molar-refractivity contribution in [3.63, 3.8) is 0 Å². The Morgan fingerprint density at radius 1 is 1.12 bits per heavy atom. The van der Waals surface area contributed by atoms with Crippen LogP contribution < -0.4 is 10.1 Å². The van der Waals surface area contributed by atoms with E-state index in [9.17, 15) is 9.59 Å². The van der Waals surface area contributed by atoms with Gasteiger partial charge in [-0.2, -0.15) is 5.10 Å². The Balaban J connectivity index is 1.49. The zero-order chi connectivity index (χ0) is 22.5. The second-order valence-electron chi connectivity index (χ2n) is 7.38. The van der Waals surface area contributed by atoms with E-state index >= 15 is 0 Å². The Morgan fingerprint density at radius 3 is 2.59 bits per heavy atom. The number of nitrogens with one attached hydrogen (secondary N) is 1. The summed E-state index contributed by atoms with van der Waals surface area (Å²) in [7, 11) is 3.12. The van der Waals surface area contributed by atoms with Crippen LogP contribution in [0.25, 0.3) is 0 Å². The summed E-state index contributed by atoms with van der Waals surface area (Å²) in [5.74, 6) is 0.303. The van der Waals surface area contributed by atoms with Crippen LogP contribution in [0.3, 0.4) is 0 Å². The molecule has 1 atom stereocenters. The minimum absolute atomic E-state index is 0.106.